The number of carbonyl (C=O) groups excluding carboxylic acids is 1. The van der Waals surface area contributed by atoms with E-state index in [9.17, 15) is 13.2 Å². The van der Waals surface area contributed by atoms with Gasteiger partial charge in [0, 0.05) is 11.6 Å². The van der Waals surface area contributed by atoms with E-state index >= 15 is 0 Å². The minimum absolute atomic E-state index is 0.103. The second-order valence-electron chi connectivity index (χ2n) is 7.62. The lowest BCUT2D eigenvalue weighted by atomic mass is 10.0. The number of rotatable bonds is 7. The SMILES string of the molecule is Cc1c(Cl)cccc1N(CC(=O)NCc1cccc2ccccc12)S(=O)(=O)c1ccccc1. The van der Waals surface area contributed by atoms with Gasteiger partial charge < -0.3 is 5.32 Å². The van der Waals surface area contributed by atoms with Crippen molar-refractivity contribution in [2.24, 2.45) is 0 Å². The van der Waals surface area contributed by atoms with Gasteiger partial charge in [-0.1, -0.05) is 78.3 Å². The van der Waals surface area contributed by atoms with Crippen LogP contribution in [-0.4, -0.2) is 20.9 Å². The summed E-state index contributed by atoms with van der Waals surface area (Å²) in [6.07, 6.45) is 0. The van der Waals surface area contributed by atoms with Crippen molar-refractivity contribution in [3.8, 4) is 0 Å². The molecule has 0 saturated carbocycles. The standard InChI is InChI=1S/C26H23ClN2O3S/c1-19-24(27)15-8-16-25(19)29(33(31,32)22-12-3-2-4-13-22)18-26(30)28-17-21-11-7-10-20-9-5-6-14-23(20)21/h2-16H,17-18H2,1H3,(H,28,30). The van der Waals surface area contributed by atoms with E-state index in [0.29, 0.717) is 16.3 Å². The highest BCUT2D eigenvalue weighted by Crippen LogP contribution is 2.30. The number of halogens is 1. The van der Waals surface area contributed by atoms with Crippen molar-refractivity contribution in [1.29, 1.82) is 0 Å². The molecule has 0 aliphatic heterocycles. The van der Waals surface area contributed by atoms with Gasteiger partial charge in [-0.2, -0.15) is 0 Å². The molecule has 168 valence electrons. The second kappa shape index (κ2) is 9.65. The fourth-order valence-electron chi connectivity index (χ4n) is 3.71. The molecule has 0 atom stereocenters. The van der Waals surface area contributed by atoms with Gasteiger partial charge in [-0.15, -0.1) is 0 Å². The topological polar surface area (TPSA) is 66.5 Å². The number of amides is 1. The van der Waals surface area contributed by atoms with E-state index in [0.717, 1.165) is 20.6 Å². The number of nitrogens with zero attached hydrogens (tertiary/aromatic N) is 1. The smallest absolute Gasteiger partial charge is 0.264 e. The van der Waals surface area contributed by atoms with Crippen LogP contribution in [0.3, 0.4) is 0 Å². The molecule has 0 saturated heterocycles. The maximum Gasteiger partial charge on any atom is 0.264 e. The van der Waals surface area contributed by atoms with Crippen LogP contribution in [0.25, 0.3) is 10.8 Å². The van der Waals surface area contributed by atoms with Gasteiger partial charge in [0.1, 0.15) is 6.54 Å². The Labute approximate surface area is 198 Å². The van der Waals surface area contributed by atoms with Gasteiger partial charge >= 0.3 is 0 Å². The van der Waals surface area contributed by atoms with Crippen molar-refractivity contribution in [2.75, 3.05) is 10.8 Å². The molecule has 0 fully saturated rings. The first-order valence-electron chi connectivity index (χ1n) is 10.4. The monoisotopic (exact) mass is 478 g/mol. The number of anilines is 1. The minimum Gasteiger partial charge on any atom is -0.350 e. The quantitative estimate of drug-likeness (QED) is 0.391. The molecule has 33 heavy (non-hydrogen) atoms. The molecule has 4 aromatic carbocycles. The van der Waals surface area contributed by atoms with Gasteiger partial charge in [0.25, 0.3) is 10.0 Å². The summed E-state index contributed by atoms with van der Waals surface area (Å²) in [6, 6.07) is 26.9. The Hall–Kier alpha value is -3.35. The highest BCUT2D eigenvalue weighted by molar-refractivity contribution is 7.92. The van der Waals surface area contributed by atoms with E-state index in [1.54, 1.807) is 43.3 Å². The summed E-state index contributed by atoms with van der Waals surface area (Å²) in [6.45, 7) is 1.65. The van der Waals surface area contributed by atoms with Crippen LogP contribution in [0, 0.1) is 6.92 Å². The molecule has 5 nitrogen and oxygen atoms in total. The number of sulfonamides is 1. The summed E-state index contributed by atoms with van der Waals surface area (Å²) >= 11 is 6.27. The largest absolute Gasteiger partial charge is 0.350 e. The molecule has 7 heteroatoms. The first-order valence-corrected chi connectivity index (χ1v) is 12.3. The van der Waals surface area contributed by atoms with Crippen LogP contribution in [0.2, 0.25) is 5.02 Å². The number of carbonyl (C=O) groups is 1. The molecule has 0 aliphatic carbocycles. The molecule has 4 aromatic rings. The van der Waals surface area contributed by atoms with Crippen molar-refractivity contribution < 1.29 is 13.2 Å². The van der Waals surface area contributed by atoms with Gasteiger partial charge in [-0.25, -0.2) is 8.42 Å². The lowest BCUT2D eigenvalue weighted by molar-refractivity contribution is -0.119. The first-order chi connectivity index (χ1) is 15.9. The van der Waals surface area contributed by atoms with E-state index in [4.69, 9.17) is 11.6 Å². The van der Waals surface area contributed by atoms with E-state index in [-0.39, 0.29) is 18.0 Å². The maximum atomic E-state index is 13.5. The third kappa shape index (κ3) is 4.87. The van der Waals surface area contributed by atoms with E-state index in [1.165, 1.54) is 12.1 Å². The van der Waals surface area contributed by atoms with Gasteiger partial charge in [-0.05, 0) is 53.1 Å². The molecule has 0 aromatic heterocycles. The van der Waals surface area contributed by atoms with Crippen molar-refractivity contribution >= 4 is 44.0 Å². The van der Waals surface area contributed by atoms with Gasteiger partial charge in [0.2, 0.25) is 5.91 Å². The summed E-state index contributed by atoms with van der Waals surface area (Å²) in [5.41, 5.74) is 1.91. The fourth-order valence-corrected chi connectivity index (χ4v) is 5.38. The number of nitrogens with one attached hydrogen (secondary N) is 1. The molecule has 4 rings (SSSR count). The van der Waals surface area contributed by atoms with Crippen molar-refractivity contribution in [1.82, 2.24) is 5.32 Å². The Morgan fingerprint density at radius 2 is 1.55 bits per heavy atom. The molecular weight excluding hydrogens is 456 g/mol. The number of hydrogen-bond donors (Lipinski definition) is 1. The molecule has 0 aliphatic rings. The van der Waals surface area contributed by atoms with Gasteiger partial charge in [0.05, 0.1) is 10.6 Å². The third-order valence-corrected chi connectivity index (χ3v) is 7.67. The van der Waals surface area contributed by atoms with Crippen LogP contribution >= 0.6 is 11.6 Å². The van der Waals surface area contributed by atoms with E-state index in [1.807, 2.05) is 42.5 Å². The summed E-state index contributed by atoms with van der Waals surface area (Å²) in [5, 5.41) is 5.42. The fraction of sp³-hybridized carbons (Fsp3) is 0.115. The van der Waals surface area contributed by atoms with Crippen LogP contribution in [0.15, 0.2) is 95.9 Å². The van der Waals surface area contributed by atoms with Crippen LogP contribution in [0.4, 0.5) is 5.69 Å². The Morgan fingerprint density at radius 3 is 2.33 bits per heavy atom. The Kier molecular flexibility index (Phi) is 6.67. The van der Waals surface area contributed by atoms with Crippen molar-refractivity contribution in [2.45, 2.75) is 18.4 Å². The highest BCUT2D eigenvalue weighted by Gasteiger charge is 2.28. The zero-order valence-corrected chi connectivity index (χ0v) is 19.6. The third-order valence-electron chi connectivity index (χ3n) is 5.48. The molecule has 0 unspecified atom stereocenters. The zero-order valence-electron chi connectivity index (χ0n) is 18.0. The number of benzene rings is 4. The van der Waals surface area contributed by atoms with E-state index in [2.05, 4.69) is 5.32 Å². The normalized spacial score (nSPS) is 11.3. The van der Waals surface area contributed by atoms with Crippen LogP contribution in [0.1, 0.15) is 11.1 Å². The highest BCUT2D eigenvalue weighted by atomic mass is 35.5. The van der Waals surface area contributed by atoms with Gasteiger partial charge in [0.15, 0.2) is 0 Å². The van der Waals surface area contributed by atoms with Gasteiger partial charge in [-0.3, -0.25) is 9.10 Å². The average Bonchev–Trinajstić information content (AvgIpc) is 2.83. The summed E-state index contributed by atoms with van der Waals surface area (Å²) in [4.78, 5) is 13.1. The lowest BCUT2D eigenvalue weighted by Gasteiger charge is -2.26. The van der Waals surface area contributed by atoms with Crippen LogP contribution in [0.5, 0.6) is 0 Å². The van der Waals surface area contributed by atoms with Crippen LogP contribution < -0.4 is 9.62 Å². The Bertz CT molecular complexity index is 1400. The molecule has 0 bridgehead atoms. The summed E-state index contributed by atoms with van der Waals surface area (Å²) in [7, 11) is -3.99. The Morgan fingerprint density at radius 1 is 0.879 bits per heavy atom. The lowest BCUT2D eigenvalue weighted by Crippen LogP contribution is -2.41. The molecule has 0 heterocycles. The second-order valence-corrected chi connectivity index (χ2v) is 9.89. The van der Waals surface area contributed by atoms with E-state index < -0.39 is 15.9 Å². The Balaban J connectivity index is 1.62. The van der Waals surface area contributed by atoms with Crippen LogP contribution in [-0.2, 0) is 21.4 Å². The predicted molar refractivity (Wildman–Crippen MR) is 133 cm³/mol. The molecule has 0 radical (unpaired) electrons. The molecule has 0 spiro atoms. The first kappa shape index (κ1) is 22.8. The molecule has 1 amide bonds. The zero-order chi connectivity index (χ0) is 23.4. The average molecular weight is 479 g/mol. The molecular formula is C26H23ClN2O3S. The summed E-state index contributed by atoms with van der Waals surface area (Å²) in [5.74, 6) is -0.415. The number of hydrogen-bond acceptors (Lipinski definition) is 3. The number of fused-ring (bicyclic) bond motifs is 1. The predicted octanol–water partition coefficient (Wildman–Crippen LogP) is 5.31. The molecule has 1 N–H and O–H groups in total. The van der Waals surface area contributed by atoms with Crippen molar-refractivity contribution in [3.63, 3.8) is 0 Å². The maximum absolute atomic E-state index is 13.5. The summed E-state index contributed by atoms with van der Waals surface area (Å²) < 4.78 is 28.1. The minimum atomic E-state index is -3.99. The van der Waals surface area contributed by atoms with Crippen molar-refractivity contribution in [3.05, 3.63) is 107 Å².